The highest BCUT2D eigenvalue weighted by atomic mass is 16.5. The second kappa shape index (κ2) is 6.63. The molecule has 0 unspecified atom stereocenters. The van der Waals surface area contributed by atoms with E-state index in [-0.39, 0.29) is 11.9 Å². The Morgan fingerprint density at radius 3 is 2.69 bits per heavy atom. The number of rotatable bonds is 4. The van der Waals surface area contributed by atoms with Crippen LogP contribution in [-0.4, -0.2) is 38.7 Å². The van der Waals surface area contributed by atoms with Gasteiger partial charge in [0.15, 0.2) is 6.10 Å². The summed E-state index contributed by atoms with van der Waals surface area (Å²) in [6.07, 6.45) is 3.33. The van der Waals surface area contributed by atoms with Gasteiger partial charge in [-0.25, -0.2) is 9.67 Å². The Hall–Kier alpha value is -3.15. The fourth-order valence-electron chi connectivity index (χ4n) is 3.21. The van der Waals surface area contributed by atoms with Gasteiger partial charge in [0.25, 0.3) is 5.91 Å². The first-order chi connectivity index (χ1) is 12.6. The molecule has 0 saturated carbocycles. The lowest BCUT2D eigenvalue weighted by Crippen LogP contribution is -2.40. The molecule has 0 saturated heterocycles. The van der Waals surface area contributed by atoms with Crippen molar-refractivity contribution in [3.8, 4) is 11.4 Å². The summed E-state index contributed by atoms with van der Waals surface area (Å²) in [7, 11) is 1.82. The van der Waals surface area contributed by atoms with Crippen molar-refractivity contribution in [1.29, 1.82) is 0 Å². The first-order valence-electron chi connectivity index (χ1n) is 8.59. The van der Waals surface area contributed by atoms with Gasteiger partial charge in [-0.1, -0.05) is 30.3 Å². The van der Waals surface area contributed by atoms with Crippen molar-refractivity contribution in [3.63, 3.8) is 0 Å². The maximum atomic E-state index is 12.9. The predicted molar refractivity (Wildman–Crippen MR) is 97.1 cm³/mol. The van der Waals surface area contributed by atoms with Crippen LogP contribution in [0.2, 0.25) is 0 Å². The van der Waals surface area contributed by atoms with Gasteiger partial charge in [-0.05, 0) is 36.2 Å². The van der Waals surface area contributed by atoms with Crippen molar-refractivity contribution >= 4 is 5.91 Å². The molecule has 1 aliphatic rings. The van der Waals surface area contributed by atoms with Gasteiger partial charge in [0.1, 0.15) is 18.4 Å². The second-order valence-electron chi connectivity index (χ2n) is 6.48. The molecular formula is C20H20N4O2. The molecule has 0 bridgehead atoms. The normalized spacial score (nSPS) is 16.6. The van der Waals surface area contributed by atoms with E-state index in [1.54, 1.807) is 15.9 Å². The van der Waals surface area contributed by atoms with Crippen molar-refractivity contribution in [3.05, 3.63) is 72.3 Å². The number of fused-ring (bicyclic) bond motifs is 1. The van der Waals surface area contributed by atoms with Crippen LogP contribution in [0.25, 0.3) is 5.69 Å². The minimum atomic E-state index is -0.450. The van der Waals surface area contributed by atoms with Gasteiger partial charge in [-0.3, -0.25) is 4.79 Å². The van der Waals surface area contributed by atoms with Gasteiger partial charge in [-0.15, -0.1) is 0 Å². The number of hydrogen-bond acceptors (Lipinski definition) is 4. The second-order valence-corrected chi connectivity index (χ2v) is 6.48. The van der Waals surface area contributed by atoms with Crippen molar-refractivity contribution in [2.75, 3.05) is 7.05 Å². The average Bonchev–Trinajstić information content (AvgIpc) is 3.36. The lowest BCUT2D eigenvalue weighted by atomic mass is 10.0. The Balaban J connectivity index is 1.46. The fourth-order valence-corrected chi connectivity index (χ4v) is 3.21. The molecule has 1 amide bonds. The highest BCUT2D eigenvalue weighted by Crippen LogP contribution is 2.30. The van der Waals surface area contributed by atoms with Gasteiger partial charge >= 0.3 is 0 Å². The maximum Gasteiger partial charge on any atom is 0.264 e. The zero-order valence-electron chi connectivity index (χ0n) is 14.7. The third kappa shape index (κ3) is 2.94. The molecule has 4 rings (SSSR count). The molecule has 0 fully saturated rings. The van der Waals surface area contributed by atoms with Crippen LogP contribution >= 0.6 is 0 Å². The van der Waals surface area contributed by atoms with E-state index in [2.05, 4.69) is 10.1 Å². The van der Waals surface area contributed by atoms with Crippen LogP contribution in [0.5, 0.6) is 5.75 Å². The summed E-state index contributed by atoms with van der Waals surface area (Å²) in [4.78, 5) is 18.6. The molecule has 132 valence electrons. The van der Waals surface area contributed by atoms with Gasteiger partial charge < -0.3 is 9.64 Å². The topological polar surface area (TPSA) is 60.2 Å². The van der Waals surface area contributed by atoms with Gasteiger partial charge in [0, 0.05) is 13.5 Å². The van der Waals surface area contributed by atoms with Crippen molar-refractivity contribution in [2.24, 2.45) is 0 Å². The Bertz CT molecular complexity index is 881. The Morgan fingerprint density at radius 2 is 2.00 bits per heavy atom. The highest BCUT2D eigenvalue weighted by Gasteiger charge is 2.32. The van der Waals surface area contributed by atoms with E-state index in [1.807, 2.05) is 62.5 Å². The maximum absolute atomic E-state index is 12.9. The molecular weight excluding hydrogens is 328 g/mol. The van der Waals surface area contributed by atoms with E-state index in [1.165, 1.54) is 6.33 Å². The summed E-state index contributed by atoms with van der Waals surface area (Å²) in [6.45, 7) is 2.02. The highest BCUT2D eigenvalue weighted by molar-refractivity contribution is 5.82. The Morgan fingerprint density at radius 1 is 1.23 bits per heavy atom. The van der Waals surface area contributed by atoms with E-state index in [4.69, 9.17) is 4.74 Å². The monoisotopic (exact) mass is 348 g/mol. The van der Waals surface area contributed by atoms with E-state index in [9.17, 15) is 4.79 Å². The quantitative estimate of drug-likeness (QED) is 0.727. The molecule has 2 aromatic carbocycles. The number of carbonyl (C=O) groups excluding carboxylic acids is 1. The smallest absolute Gasteiger partial charge is 0.264 e. The molecule has 6 nitrogen and oxygen atoms in total. The minimum Gasteiger partial charge on any atom is -0.480 e. The molecule has 0 radical (unpaired) electrons. The summed E-state index contributed by atoms with van der Waals surface area (Å²) in [5.74, 6) is 0.804. The zero-order valence-corrected chi connectivity index (χ0v) is 14.7. The number of nitrogens with zero attached hydrogens (tertiary/aromatic N) is 4. The Kier molecular flexibility index (Phi) is 4.16. The van der Waals surface area contributed by atoms with Crippen LogP contribution in [0.4, 0.5) is 0 Å². The first kappa shape index (κ1) is 16.3. The molecule has 3 aromatic rings. The molecule has 1 aromatic heterocycles. The Labute approximate surface area is 152 Å². The number of amides is 1. The average molecular weight is 348 g/mol. The molecule has 6 heteroatoms. The van der Waals surface area contributed by atoms with Crippen LogP contribution in [0, 0.1) is 0 Å². The number of carbonyl (C=O) groups is 1. The van der Waals surface area contributed by atoms with E-state index >= 15 is 0 Å². The number of hydrogen-bond donors (Lipinski definition) is 0. The number of likely N-dealkylation sites (N-methyl/N-ethyl adjacent to an activating group) is 1. The summed E-state index contributed by atoms with van der Waals surface area (Å²) < 4.78 is 7.54. The molecule has 2 heterocycles. The number of ether oxygens (including phenoxy) is 1. The molecule has 0 aliphatic carbocycles. The van der Waals surface area contributed by atoms with Gasteiger partial charge in [0.05, 0.1) is 11.7 Å². The van der Waals surface area contributed by atoms with Gasteiger partial charge in [0.2, 0.25) is 0 Å². The summed E-state index contributed by atoms with van der Waals surface area (Å²) in [5, 5.41) is 4.12. The van der Waals surface area contributed by atoms with Gasteiger partial charge in [-0.2, -0.15) is 5.10 Å². The molecule has 1 aliphatic heterocycles. The third-order valence-electron chi connectivity index (χ3n) is 4.91. The zero-order chi connectivity index (χ0) is 18.1. The first-order valence-corrected chi connectivity index (χ1v) is 8.59. The fraction of sp³-hybridized carbons (Fsp3) is 0.250. The third-order valence-corrected chi connectivity index (χ3v) is 4.91. The number of para-hydroxylation sites is 1. The van der Waals surface area contributed by atoms with Crippen LogP contribution in [0.3, 0.4) is 0 Å². The number of benzene rings is 2. The van der Waals surface area contributed by atoms with Crippen molar-refractivity contribution in [2.45, 2.75) is 25.5 Å². The standard InChI is InChI=1S/C20H20N4O2/c1-14(15-7-9-17(10-8-15)24-13-21-12-22-24)23(2)20(25)19-11-16-5-3-4-6-18(16)26-19/h3-10,12-14,19H,11H2,1-2H3/t14-,19+/m1/s1. The molecule has 2 atom stereocenters. The molecule has 0 spiro atoms. The van der Waals surface area contributed by atoms with Crippen LogP contribution < -0.4 is 4.74 Å². The van der Waals surface area contributed by atoms with Crippen LogP contribution in [0.15, 0.2) is 61.2 Å². The largest absolute Gasteiger partial charge is 0.480 e. The summed E-state index contributed by atoms with van der Waals surface area (Å²) in [5.41, 5.74) is 3.08. The van der Waals surface area contributed by atoms with Crippen LogP contribution in [0.1, 0.15) is 24.1 Å². The van der Waals surface area contributed by atoms with Crippen LogP contribution in [-0.2, 0) is 11.2 Å². The van der Waals surface area contributed by atoms with Crippen molar-refractivity contribution in [1.82, 2.24) is 19.7 Å². The minimum absolute atomic E-state index is 0.00551. The lowest BCUT2D eigenvalue weighted by Gasteiger charge is -2.27. The predicted octanol–water partition coefficient (Wildman–Crippen LogP) is 2.79. The van der Waals surface area contributed by atoms with Crippen molar-refractivity contribution < 1.29 is 9.53 Å². The summed E-state index contributed by atoms with van der Waals surface area (Å²) in [6, 6.07) is 15.7. The van der Waals surface area contributed by atoms with E-state index in [0.717, 1.165) is 22.6 Å². The molecule has 26 heavy (non-hydrogen) atoms. The van der Waals surface area contributed by atoms with E-state index < -0.39 is 6.10 Å². The molecule has 0 N–H and O–H groups in total. The van der Waals surface area contributed by atoms with E-state index in [0.29, 0.717) is 6.42 Å². The number of aromatic nitrogens is 3. The lowest BCUT2D eigenvalue weighted by molar-refractivity contribution is -0.138. The summed E-state index contributed by atoms with van der Waals surface area (Å²) >= 11 is 0. The SMILES string of the molecule is C[C@H](c1ccc(-n2cncn2)cc1)N(C)C(=O)[C@@H]1Cc2ccccc2O1.